The van der Waals surface area contributed by atoms with Crippen LogP contribution in [0.15, 0.2) is 42.6 Å². The molecular formula is C22H22FN3O2. The number of halogens is 1. The maximum Gasteiger partial charge on any atom is 0.255 e. The predicted molar refractivity (Wildman–Crippen MR) is 105 cm³/mol. The standard InChI is InChI=1S/C22H22FN3O2/c1-16(27)25-20-10-9-17(15-24-20)11-14-22(12-5-2-6-13-22)26-21(28)18-7-3-4-8-19(18)23/h3-4,7-10,15H,2,5-6,12-13H2,1H3,(H,26,28)(H,24,25,27). The van der Waals surface area contributed by atoms with Crippen LogP contribution in [0, 0.1) is 17.7 Å². The van der Waals surface area contributed by atoms with Crippen LogP contribution in [0.5, 0.6) is 0 Å². The number of carbonyl (C=O) groups is 2. The number of amides is 2. The lowest BCUT2D eigenvalue weighted by Crippen LogP contribution is -2.49. The monoisotopic (exact) mass is 379 g/mol. The average molecular weight is 379 g/mol. The van der Waals surface area contributed by atoms with E-state index in [2.05, 4.69) is 27.5 Å². The molecule has 3 rings (SSSR count). The number of hydrogen-bond acceptors (Lipinski definition) is 3. The van der Waals surface area contributed by atoms with Gasteiger partial charge in [0.15, 0.2) is 0 Å². The molecule has 2 aromatic rings. The maximum atomic E-state index is 14.0. The van der Waals surface area contributed by atoms with Crippen molar-refractivity contribution < 1.29 is 14.0 Å². The van der Waals surface area contributed by atoms with Gasteiger partial charge in [0, 0.05) is 18.7 Å². The Morgan fingerprint density at radius 2 is 1.86 bits per heavy atom. The zero-order chi connectivity index (χ0) is 20.0. The first-order chi connectivity index (χ1) is 13.5. The number of rotatable bonds is 3. The molecule has 1 saturated carbocycles. The molecule has 0 saturated heterocycles. The van der Waals surface area contributed by atoms with Crippen LogP contribution < -0.4 is 10.6 Å². The Morgan fingerprint density at radius 1 is 1.11 bits per heavy atom. The number of nitrogens with one attached hydrogen (secondary N) is 2. The number of nitrogens with zero attached hydrogens (tertiary/aromatic N) is 1. The largest absolute Gasteiger partial charge is 0.336 e. The highest BCUT2D eigenvalue weighted by Gasteiger charge is 2.32. The van der Waals surface area contributed by atoms with E-state index in [1.807, 2.05) is 0 Å². The summed E-state index contributed by atoms with van der Waals surface area (Å²) in [5.41, 5.74) is 0.0169. The summed E-state index contributed by atoms with van der Waals surface area (Å²) in [6.07, 6.45) is 6.01. The Hall–Kier alpha value is -3.20. The molecule has 144 valence electrons. The van der Waals surface area contributed by atoms with Gasteiger partial charge in [-0.3, -0.25) is 9.59 Å². The van der Waals surface area contributed by atoms with Crippen molar-refractivity contribution in [2.45, 2.75) is 44.6 Å². The molecule has 5 nitrogen and oxygen atoms in total. The highest BCUT2D eigenvalue weighted by molar-refractivity contribution is 5.95. The van der Waals surface area contributed by atoms with Crippen molar-refractivity contribution in [3.05, 3.63) is 59.5 Å². The fraction of sp³-hybridized carbons (Fsp3) is 0.318. The summed E-state index contributed by atoms with van der Waals surface area (Å²) in [5, 5.41) is 5.57. The van der Waals surface area contributed by atoms with Crippen LogP contribution in [0.2, 0.25) is 0 Å². The first-order valence-electron chi connectivity index (χ1n) is 9.31. The van der Waals surface area contributed by atoms with Gasteiger partial charge in [-0.15, -0.1) is 0 Å². The van der Waals surface area contributed by atoms with Crippen molar-refractivity contribution in [3.8, 4) is 11.8 Å². The molecule has 1 heterocycles. The van der Waals surface area contributed by atoms with E-state index in [1.165, 1.54) is 19.1 Å². The highest BCUT2D eigenvalue weighted by Crippen LogP contribution is 2.28. The normalized spacial score (nSPS) is 15.1. The van der Waals surface area contributed by atoms with Gasteiger partial charge >= 0.3 is 0 Å². The minimum Gasteiger partial charge on any atom is -0.336 e. The summed E-state index contributed by atoms with van der Waals surface area (Å²) < 4.78 is 14.0. The molecule has 1 aromatic heterocycles. The van der Waals surface area contributed by atoms with Gasteiger partial charge in [0.2, 0.25) is 5.91 Å². The molecule has 0 radical (unpaired) electrons. The number of aromatic nitrogens is 1. The molecule has 28 heavy (non-hydrogen) atoms. The van der Waals surface area contributed by atoms with Crippen molar-refractivity contribution in [2.75, 3.05) is 5.32 Å². The molecule has 1 aliphatic rings. The molecule has 1 fully saturated rings. The van der Waals surface area contributed by atoms with Gasteiger partial charge in [0.1, 0.15) is 17.2 Å². The zero-order valence-corrected chi connectivity index (χ0v) is 15.7. The maximum absolute atomic E-state index is 14.0. The molecule has 0 aliphatic heterocycles. The van der Waals surface area contributed by atoms with E-state index in [4.69, 9.17) is 0 Å². The van der Waals surface area contributed by atoms with Crippen LogP contribution in [0.1, 0.15) is 54.9 Å². The SMILES string of the molecule is CC(=O)Nc1ccc(C#CC2(NC(=O)c3ccccc3F)CCCCC2)cn1. The Balaban J connectivity index is 1.81. The third-order valence-corrected chi connectivity index (χ3v) is 4.69. The zero-order valence-electron chi connectivity index (χ0n) is 15.7. The van der Waals surface area contributed by atoms with E-state index < -0.39 is 17.3 Å². The fourth-order valence-corrected chi connectivity index (χ4v) is 3.28. The van der Waals surface area contributed by atoms with Crippen LogP contribution in [-0.2, 0) is 4.79 Å². The third kappa shape index (κ3) is 4.95. The Kier molecular flexibility index (Phi) is 6.05. The summed E-state index contributed by atoms with van der Waals surface area (Å²) in [7, 11) is 0. The van der Waals surface area contributed by atoms with Gasteiger partial charge in [-0.2, -0.15) is 0 Å². The van der Waals surface area contributed by atoms with Crippen LogP contribution in [0.4, 0.5) is 10.2 Å². The lowest BCUT2D eigenvalue weighted by Gasteiger charge is -2.33. The number of carbonyl (C=O) groups excluding carboxylic acids is 2. The summed E-state index contributed by atoms with van der Waals surface area (Å²) in [6.45, 7) is 1.42. The molecule has 2 N–H and O–H groups in total. The molecule has 1 aliphatic carbocycles. The van der Waals surface area contributed by atoms with E-state index in [0.717, 1.165) is 32.1 Å². The third-order valence-electron chi connectivity index (χ3n) is 4.69. The number of anilines is 1. The minimum atomic E-state index is -0.687. The number of hydrogen-bond donors (Lipinski definition) is 2. The molecular weight excluding hydrogens is 357 g/mol. The van der Waals surface area contributed by atoms with Crippen molar-refractivity contribution in [3.63, 3.8) is 0 Å². The average Bonchev–Trinajstić information content (AvgIpc) is 2.68. The van der Waals surface area contributed by atoms with Crippen molar-refractivity contribution in [2.24, 2.45) is 0 Å². The van der Waals surface area contributed by atoms with Gasteiger partial charge in [0.25, 0.3) is 5.91 Å². The molecule has 0 spiro atoms. The lowest BCUT2D eigenvalue weighted by molar-refractivity contribution is -0.114. The Bertz CT molecular complexity index is 923. The Labute approximate surface area is 163 Å². The van der Waals surface area contributed by atoms with Crippen LogP contribution in [-0.4, -0.2) is 22.3 Å². The van der Waals surface area contributed by atoms with E-state index >= 15 is 0 Å². The van der Waals surface area contributed by atoms with Crippen LogP contribution in [0.25, 0.3) is 0 Å². The molecule has 0 atom stereocenters. The van der Waals surface area contributed by atoms with Crippen LogP contribution >= 0.6 is 0 Å². The van der Waals surface area contributed by atoms with Gasteiger partial charge in [0.05, 0.1) is 5.56 Å². The van der Waals surface area contributed by atoms with Crippen molar-refractivity contribution in [1.29, 1.82) is 0 Å². The topological polar surface area (TPSA) is 71.1 Å². The smallest absolute Gasteiger partial charge is 0.255 e. The van der Waals surface area contributed by atoms with Crippen LogP contribution in [0.3, 0.4) is 0 Å². The second-order valence-electron chi connectivity index (χ2n) is 6.94. The fourth-order valence-electron chi connectivity index (χ4n) is 3.28. The highest BCUT2D eigenvalue weighted by atomic mass is 19.1. The van der Waals surface area contributed by atoms with E-state index in [9.17, 15) is 14.0 Å². The van der Waals surface area contributed by atoms with Gasteiger partial charge in [-0.1, -0.05) is 43.2 Å². The summed E-state index contributed by atoms with van der Waals surface area (Å²) in [4.78, 5) is 27.9. The quantitative estimate of drug-likeness (QED) is 0.800. The van der Waals surface area contributed by atoms with E-state index in [-0.39, 0.29) is 11.5 Å². The van der Waals surface area contributed by atoms with Crippen molar-refractivity contribution >= 4 is 17.6 Å². The number of pyridine rings is 1. The molecule has 2 amide bonds. The van der Waals surface area contributed by atoms with Gasteiger partial charge in [-0.05, 0) is 37.1 Å². The van der Waals surface area contributed by atoms with Gasteiger partial charge < -0.3 is 10.6 Å². The van der Waals surface area contributed by atoms with Crippen molar-refractivity contribution in [1.82, 2.24) is 10.3 Å². The summed E-state index contributed by atoms with van der Waals surface area (Å²) in [5.74, 6) is 5.54. The lowest BCUT2D eigenvalue weighted by atomic mass is 9.81. The molecule has 0 unspecified atom stereocenters. The Morgan fingerprint density at radius 3 is 2.50 bits per heavy atom. The molecule has 6 heteroatoms. The summed E-state index contributed by atoms with van der Waals surface area (Å²) in [6, 6.07) is 9.38. The molecule has 1 aromatic carbocycles. The van der Waals surface area contributed by atoms with Gasteiger partial charge in [-0.25, -0.2) is 9.37 Å². The first-order valence-corrected chi connectivity index (χ1v) is 9.31. The first kappa shape index (κ1) is 19.6. The second-order valence-corrected chi connectivity index (χ2v) is 6.94. The number of benzene rings is 1. The van der Waals surface area contributed by atoms with E-state index in [1.54, 1.807) is 30.5 Å². The summed E-state index contributed by atoms with van der Waals surface area (Å²) >= 11 is 0. The molecule has 0 bridgehead atoms. The minimum absolute atomic E-state index is 0.0237. The predicted octanol–water partition coefficient (Wildman–Crippen LogP) is 3.66. The second kappa shape index (κ2) is 8.66. The van der Waals surface area contributed by atoms with E-state index in [0.29, 0.717) is 11.4 Å².